The van der Waals surface area contributed by atoms with Gasteiger partial charge in [-0.15, -0.1) is 0 Å². The van der Waals surface area contributed by atoms with E-state index < -0.39 is 0 Å². The average Bonchev–Trinajstić information content (AvgIpc) is 2.37. The maximum Gasteiger partial charge on any atom is 0.179 e. The predicted molar refractivity (Wildman–Crippen MR) is 76.8 cm³/mol. The first-order valence-corrected chi connectivity index (χ1v) is 6.48. The Morgan fingerprint density at radius 2 is 2.11 bits per heavy atom. The predicted octanol–water partition coefficient (Wildman–Crippen LogP) is 3.37. The van der Waals surface area contributed by atoms with Gasteiger partial charge in [-0.25, -0.2) is 0 Å². The summed E-state index contributed by atoms with van der Waals surface area (Å²) >= 11 is 6.18. The summed E-state index contributed by atoms with van der Waals surface area (Å²) in [5.41, 5.74) is 0.998. The van der Waals surface area contributed by atoms with Gasteiger partial charge in [0.05, 0.1) is 18.7 Å². The third-order valence-electron chi connectivity index (χ3n) is 2.36. The smallest absolute Gasteiger partial charge is 0.179 e. The highest BCUT2D eigenvalue weighted by molar-refractivity contribution is 6.32. The third kappa shape index (κ3) is 4.24. The minimum atomic E-state index is 0.561. The number of hydrogen-bond acceptors (Lipinski definition) is 3. The Bertz CT molecular complexity index is 405. The minimum absolute atomic E-state index is 0.561. The van der Waals surface area contributed by atoms with Gasteiger partial charge in [-0.2, -0.15) is 0 Å². The molecule has 3 nitrogen and oxygen atoms in total. The Hall–Kier alpha value is -1.19. The topological polar surface area (TPSA) is 30.5 Å². The lowest BCUT2D eigenvalue weighted by atomic mass is 10.2. The van der Waals surface area contributed by atoms with Crippen molar-refractivity contribution < 1.29 is 9.47 Å². The van der Waals surface area contributed by atoms with Crippen LogP contribution in [-0.4, -0.2) is 26.8 Å². The molecule has 0 fully saturated rings. The summed E-state index contributed by atoms with van der Waals surface area (Å²) in [6, 6.07) is 3.79. The highest BCUT2D eigenvalue weighted by Gasteiger charge is 2.10. The number of benzene rings is 1. The van der Waals surface area contributed by atoms with Crippen LogP contribution in [0.2, 0.25) is 5.02 Å². The molecule has 0 aliphatic heterocycles. The molecule has 1 aromatic carbocycles. The first-order valence-electron chi connectivity index (χ1n) is 6.10. The molecule has 100 valence electrons. The number of methoxy groups -OCH3 is 1. The fourth-order valence-corrected chi connectivity index (χ4v) is 1.82. The molecule has 0 aliphatic carbocycles. The zero-order chi connectivity index (χ0) is 13.4. The highest BCUT2D eigenvalue weighted by Crippen LogP contribution is 2.36. The molecule has 0 aliphatic rings. The van der Waals surface area contributed by atoms with Gasteiger partial charge < -0.3 is 14.8 Å². The Labute approximate surface area is 114 Å². The molecule has 0 bridgehead atoms. The molecule has 0 amide bonds. The molecular weight excluding hydrogens is 250 g/mol. The van der Waals surface area contributed by atoms with Crippen molar-refractivity contribution in [2.24, 2.45) is 0 Å². The van der Waals surface area contributed by atoms with Gasteiger partial charge >= 0.3 is 0 Å². The van der Waals surface area contributed by atoms with E-state index in [1.807, 2.05) is 25.1 Å². The van der Waals surface area contributed by atoms with Crippen molar-refractivity contribution in [1.82, 2.24) is 5.32 Å². The zero-order valence-electron chi connectivity index (χ0n) is 11.1. The molecule has 0 unspecified atom stereocenters. The fourth-order valence-electron chi connectivity index (χ4n) is 1.54. The molecule has 1 aromatic rings. The Morgan fingerprint density at radius 3 is 2.72 bits per heavy atom. The first-order chi connectivity index (χ1) is 8.72. The SMILES string of the molecule is CCNCC=Cc1cc(Cl)c(OCC)c(OC)c1. The molecule has 4 heteroatoms. The van der Waals surface area contributed by atoms with Crippen LogP contribution in [0.1, 0.15) is 19.4 Å². The van der Waals surface area contributed by atoms with Crippen LogP contribution in [-0.2, 0) is 0 Å². The van der Waals surface area contributed by atoms with E-state index in [1.165, 1.54) is 0 Å². The quantitative estimate of drug-likeness (QED) is 0.770. The summed E-state index contributed by atoms with van der Waals surface area (Å²) in [5.74, 6) is 1.26. The van der Waals surface area contributed by atoms with E-state index in [0.29, 0.717) is 23.1 Å². The van der Waals surface area contributed by atoms with Crippen molar-refractivity contribution >= 4 is 17.7 Å². The van der Waals surface area contributed by atoms with Crippen LogP contribution in [0, 0.1) is 0 Å². The largest absolute Gasteiger partial charge is 0.493 e. The average molecular weight is 270 g/mol. The maximum atomic E-state index is 6.18. The standard InChI is InChI=1S/C14H20ClNO2/c1-4-16-8-6-7-11-9-12(15)14(18-5-2)13(10-11)17-3/h6-7,9-10,16H,4-5,8H2,1-3H3. The molecule has 0 saturated heterocycles. The lowest BCUT2D eigenvalue weighted by Crippen LogP contribution is -2.11. The molecule has 0 heterocycles. The summed E-state index contributed by atoms with van der Waals surface area (Å²) in [6.45, 7) is 6.34. The molecule has 0 aromatic heterocycles. The van der Waals surface area contributed by atoms with Crippen molar-refractivity contribution in [1.29, 1.82) is 0 Å². The van der Waals surface area contributed by atoms with Crippen molar-refractivity contribution in [3.63, 3.8) is 0 Å². The van der Waals surface area contributed by atoms with Crippen LogP contribution in [0.4, 0.5) is 0 Å². The second-order valence-corrected chi connectivity index (χ2v) is 4.08. The number of rotatable bonds is 7. The van der Waals surface area contributed by atoms with E-state index in [2.05, 4.69) is 18.3 Å². The zero-order valence-corrected chi connectivity index (χ0v) is 11.9. The minimum Gasteiger partial charge on any atom is -0.493 e. The van der Waals surface area contributed by atoms with Gasteiger partial charge in [-0.1, -0.05) is 30.7 Å². The molecule has 18 heavy (non-hydrogen) atoms. The third-order valence-corrected chi connectivity index (χ3v) is 2.64. The lowest BCUT2D eigenvalue weighted by molar-refractivity contribution is 0.311. The Balaban J connectivity index is 2.88. The van der Waals surface area contributed by atoms with E-state index in [9.17, 15) is 0 Å². The van der Waals surface area contributed by atoms with E-state index in [1.54, 1.807) is 7.11 Å². The van der Waals surface area contributed by atoms with Gasteiger partial charge in [0.1, 0.15) is 0 Å². The molecule has 0 saturated carbocycles. The van der Waals surface area contributed by atoms with Gasteiger partial charge in [0, 0.05) is 6.54 Å². The molecule has 1 rings (SSSR count). The molecule has 0 spiro atoms. The van der Waals surface area contributed by atoms with Crippen molar-refractivity contribution in [3.05, 3.63) is 28.8 Å². The van der Waals surface area contributed by atoms with Gasteiger partial charge in [-0.3, -0.25) is 0 Å². The molecule has 0 atom stereocenters. The van der Waals surface area contributed by atoms with Gasteiger partial charge in [0.25, 0.3) is 0 Å². The Kier molecular flexibility index (Phi) is 6.61. The summed E-state index contributed by atoms with van der Waals surface area (Å²) in [7, 11) is 1.61. The molecule has 1 N–H and O–H groups in total. The van der Waals surface area contributed by atoms with Crippen LogP contribution < -0.4 is 14.8 Å². The number of likely N-dealkylation sites (N-methyl/N-ethyl adjacent to an activating group) is 1. The van der Waals surface area contributed by atoms with Crippen LogP contribution in [0.3, 0.4) is 0 Å². The van der Waals surface area contributed by atoms with E-state index in [0.717, 1.165) is 18.7 Å². The number of halogens is 1. The number of hydrogen-bond donors (Lipinski definition) is 1. The van der Waals surface area contributed by atoms with E-state index >= 15 is 0 Å². The normalized spacial score (nSPS) is 10.9. The number of ether oxygens (including phenoxy) is 2. The van der Waals surface area contributed by atoms with Crippen molar-refractivity contribution in [3.8, 4) is 11.5 Å². The van der Waals surface area contributed by atoms with Gasteiger partial charge in [-0.05, 0) is 31.2 Å². The summed E-state index contributed by atoms with van der Waals surface area (Å²) < 4.78 is 10.8. The van der Waals surface area contributed by atoms with Crippen LogP contribution >= 0.6 is 11.6 Å². The summed E-state index contributed by atoms with van der Waals surface area (Å²) in [4.78, 5) is 0. The van der Waals surface area contributed by atoms with Crippen LogP contribution in [0.5, 0.6) is 11.5 Å². The van der Waals surface area contributed by atoms with Crippen LogP contribution in [0.25, 0.3) is 6.08 Å². The fraction of sp³-hybridized carbons (Fsp3) is 0.429. The van der Waals surface area contributed by atoms with Gasteiger partial charge in [0.15, 0.2) is 11.5 Å². The van der Waals surface area contributed by atoms with Crippen molar-refractivity contribution in [2.75, 3.05) is 26.8 Å². The maximum absolute atomic E-state index is 6.18. The van der Waals surface area contributed by atoms with E-state index in [-0.39, 0.29) is 0 Å². The second kappa shape index (κ2) is 8.01. The van der Waals surface area contributed by atoms with E-state index in [4.69, 9.17) is 21.1 Å². The first kappa shape index (κ1) is 14.9. The highest BCUT2D eigenvalue weighted by atomic mass is 35.5. The van der Waals surface area contributed by atoms with Gasteiger partial charge in [0.2, 0.25) is 0 Å². The monoisotopic (exact) mass is 269 g/mol. The summed E-state index contributed by atoms with van der Waals surface area (Å²) in [5, 5.41) is 3.79. The van der Waals surface area contributed by atoms with Crippen LogP contribution in [0.15, 0.2) is 18.2 Å². The lowest BCUT2D eigenvalue weighted by Gasteiger charge is -2.11. The number of nitrogens with one attached hydrogen (secondary N) is 1. The summed E-state index contributed by atoms with van der Waals surface area (Å²) in [6.07, 6.45) is 4.06. The van der Waals surface area contributed by atoms with Crippen molar-refractivity contribution in [2.45, 2.75) is 13.8 Å². The molecule has 0 radical (unpaired) electrons. The Morgan fingerprint density at radius 1 is 1.33 bits per heavy atom. The molecular formula is C14H20ClNO2. The second-order valence-electron chi connectivity index (χ2n) is 3.68.